The molecule has 0 atom stereocenters. The van der Waals surface area contributed by atoms with E-state index in [0.29, 0.717) is 12.3 Å². The maximum atomic E-state index is 11.0. The number of methoxy groups -OCH3 is 1. The van der Waals surface area contributed by atoms with Gasteiger partial charge in [-0.1, -0.05) is 24.3 Å². The Hall–Kier alpha value is -4.34. The average Bonchev–Trinajstić information content (AvgIpc) is 2.80. The van der Waals surface area contributed by atoms with Crippen LogP contribution >= 0.6 is 0 Å². The van der Waals surface area contributed by atoms with Crippen molar-refractivity contribution in [3.63, 3.8) is 0 Å². The summed E-state index contributed by atoms with van der Waals surface area (Å²) in [7, 11) is 1.66. The third kappa shape index (κ3) is 4.81. The van der Waals surface area contributed by atoms with Crippen LogP contribution in [-0.4, -0.2) is 25.2 Å². The van der Waals surface area contributed by atoms with Crippen LogP contribution in [0.1, 0.15) is 17.5 Å². The predicted octanol–water partition coefficient (Wildman–Crippen LogP) is 5.36. The van der Waals surface area contributed by atoms with Crippen molar-refractivity contribution in [2.45, 2.75) is 6.42 Å². The number of anilines is 1. The van der Waals surface area contributed by atoms with Crippen LogP contribution in [0.2, 0.25) is 0 Å². The van der Waals surface area contributed by atoms with Crippen molar-refractivity contribution in [2.75, 3.05) is 25.6 Å². The van der Waals surface area contributed by atoms with Gasteiger partial charge in [-0.25, -0.2) is 0 Å². The topological polar surface area (TPSA) is 137 Å². The lowest BCUT2D eigenvalue weighted by atomic mass is 10.1. The molecule has 0 bridgehead atoms. The lowest BCUT2D eigenvalue weighted by Crippen LogP contribution is -2.04. The van der Waals surface area contributed by atoms with Crippen LogP contribution in [0.25, 0.3) is 10.8 Å². The highest BCUT2D eigenvalue weighted by Crippen LogP contribution is 2.35. The van der Waals surface area contributed by atoms with Crippen molar-refractivity contribution in [1.29, 1.82) is 10.5 Å². The Kier molecular flexibility index (Phi) is 6.84. The molecule has 0 saturated carbocycles. The van der Waals surface area contributed by atoms with Gasteiger partial charge in [0.25, 0.3) is 5.69 Å². The number of nitro groups is 1. The molecule has 0 aliphatic carbocycles. The molecule has 31 heavy (non-hydrogen) atoms. The van der Waals surface area contributed by atoms with E-state index in [1.54, 1.807) is 13.2 Å². The molecule has 9 nitrogen and oxygen atoms in total. The Bertz CT molecular complexity index is 1210. The highest BCUT2D eigenvalue weighted by Gasteiger charge is 2.17. The Morgan fingerprint density at radius 3 is 2.35 bits per heavy atom. The number of ether oxygens (including phenoxy) is 1. The van der Waals surface area contributed by atoms with E-state index in [1.165, 1.54) is 0 Å². The Balaban J connectivity index is 2.00. The number of benzene rings is 3. The molecule has 0 unspecified atom stereocenters. The number of nitriles is 2. The lowest BCUT2D eigenvalue weighted by Gasteiger charge is -2.11. The van der Waals surface area contributed by atoms with Gasteiger partial charge in [-0.3, -0.25) is 10.1 Å². The molecule has 154 valence electrons. The number of rotatable bonds is 8. The smallest absolute Gasteiger partial charge is 0.272 e. The van der Waals surface area contributed by atoms with Gasteiger partial charge in [-0.15, -0.1) is 10.2 Å². The van der Waals surface area contributed by atoms with Gasteiger partial charge in [0, 0.05) is 48.9 Å². The summed E-state index contributed by atoms with van der Waals surface area (Å²) in [4.78, 5) is 10.4. The van der Waals surface area contributed by atoms with Crippen LogP contribution in [-0.2, 0) is 4.74 Å². The van der Waals surface area contributed by atoms with E-state index in [-0.39, 0.29) is 22.5 Å². The first-order chi connectivity index (χ1) is 15.1. The van der Waals surface area contributed by atoms with Crippen molar-refractivity contribution in [3.05, 3.63) is 69.8 Å². The first kappa shape index (κ1) is 21.4. The van der Waals surface area contributed by atoms with E-state index in [4.69, 9.17) is 4.74 Å². The van der Waals surface area contributed by atoms with E-state index in [0.717, 1.165) is 41.6 Å². The molecule has 0 aromatic heterocycles. The van der Waals surface area contributed by atoms with Crippen LogP contribution in [0.3, 0.4) is 0 Å². The number of non-ortho nitro benzene ring substituents is 1. The number of fused-ring (bicyclic) bond motifs is 1. The molecule has 9 heteroatoms. The highest BCUT2D eigenvalue weighted by molar-refractivity contribution is 6.00. The minimum Gasteiger partial charge on any atom is -0.385 e. The largest absolute Gasteiger partial charge is 0.385 e. The van der Waals surface area contributed by atoms with E-state index in [9.17, 15) is 20.6 Å². The van der Waals surface area contributed by atoms with Crippen molar-refractivity contribution in [1.82, 2.24) is 0 Å². The first-order valence-electron chi connectivity index (χ1n) is 9.38. The Morgan fingerprint density at radius 2 is 1.74 bits per heavy atom. The van der Waals surface area contributed by atoms with Gasteiger partial charge in [-0.2, -0.15) is 10.5 Å². The number of nitro benzene ring substituents is 1. The molecular formula is C22H18N6O3. The quantitative estimate of drug-likeness (QED) is 0.228. The van der Waals surface area contributed by atoms with Crippen molar-refractivity contribution in [3.8, 4) is 12.1 Å². The summed E-state index contributed by atoms with van der Waals surface area (Å²) in [6.07, 6.45) is 0.861. The summed E-state index contributed by atoms with van der Waals surface area (Å²) >= 11 is 0. The molecule has 0 amide bonds. The van der Waals surface area contributed by atoms with Crippen LogP contribution in [0, 0.1) is 32.8 Å². The third-order valence-electron chi connectivity index (χ3n) is 4.55. The molecule has 3 aromatic carbocycles. The van der Waals surface area contributed by atoms with Crippen molar-refractivity contribution < 1.29 is 9.66 Å². The molecule has 3 aromatic rings. The summed E-state index contributed by atoms with van der Waals surface area (Å²) in [5, 5.41) is 43.3. The second kappa shape index (κ2) is 9.92. The summed E-state index contributed by atoms with van der Waals surface area (Å²) in [6, 6.07) is 17.2. The number of hydrogen-bond donors (Lipinski definition) is 1. The normalized spacial score (nSPS) is 10.7. The minimum absolute atomic E-state index is 0.00134. The molecule has 0 radical (unpaired) electrons. The zero-order valence-electron chi connectivity index (χ0n) is 16.7. The monoisotopic (exact) mass is 414 g/mol. The third-order valence-corrected chi connectivity index (χ3v) is 4.55. The van der Waals surface area contributed by atoms with Gasteiger partial charge in [0.1, 0.15) is 17.8 Å². The highest BCUT2D eigenvalue weighted by atomic mass is 16.6. The molecular weight excluding hydrogens is 396 g/mol. The van der Waals surface area contributed by atoms with Crippen LogP contribution < -0.4 is 5.32 Å². The van der Waals surface area contributed by atoms with Crippen LogP contribution in [0.5, 0.6) is 0 Å². The molecule has 0 aliphatic heterocycles. The fraction of sp³-hybridized carbons (Fsp3) is 0.182. The minimum atomic E-state index is -0.658. The fourth-order valence-electron chi connectivity index (χ4n) is 3.07. The summed E-state index contributed by atoms with van der Waals surface area (Å²) in [5.74, 6) is 0. The SMILES string of the molecule is COCCCNc1ccc(N=Nc2c(C#N)cc([N+](=O)[O-])cc2C#N)c2ccccc12. The molecule has 0 saturated heterocycles. The van der Waals surface area contributed by atoms with Crippen molar-refractivity contribution in [2.24, 2.45) is 10.2 Å². The summed E-state index contributed by atoms with van der Waals surface area (Å²) in [5.41, 5.74) is 0.967. The fourth-order valence-corrected chi connectivity index (χ4v) is 3.07. The average molecular weight is 414 g/mol. The number of hydrogen-bond acceptors (Lipinski definition) is 8. The van der Waals surface area contributed by atoms with E-state index in [2.05, 4.69) is 15.5 Å². The van der Waals surface area contributed by atoms with Gasteiger partial charge < -0.3 is 10.1 Å². The predicted molar refractivity (Wildman–Crippen MR) is 116 cm³/mol. The Morgan fingerprint density at radius 1 is 1.06 bits per heavy atom. The van der Waals surface area contributed by atoms with Crippen molar-refractivity contribution >= 4 is 33.5 Å². The maximum Gasteiger partial charge on any atom is 0.272 e. The van der Waals surface area contributed by atoms with Gasteiger partial charge in [0.15, 0.2) is 0 Å². The maximum absolute atomic E-state index is 11.0. The number of nitrogens with zero attached hydrogens (tertiary/aromatic N) is 5. The summed E-state index contributed by atoms with van der Waals surface area (Å²) < 4.78 is 5.07. The lowest BCUT2D eigenvalue weighted by molar-refractivity contribution is -0.384. The molecule has 0 aliphatic rings. The van der Waals surface area contributed by atoms with Gasteiger partial charge >= 0.3 is 0 Å². The molecule has 0 fully saturated rings. The standard InChI is InChI=1S/C22H18N6O3/c1-31-10-4-9-25-20-7-8-21(19-6-3-2-5-18(19)20)26-27-22-15(13-23)11-17(28(29)30)12-16(22)14-24/h2-3,5-8,11-12,25H,4,9-10H2,1H3. The van der Waals surface area contributed by atoms with Gasteiger partial charge in [-0.05, 0) is 18.6 Å². The second-order valence-electron chi connectivity index (χ2n) is 6.52. The van der Waals surface area contributed by atoms with E-state index < -0.39 is 4.92 Å². The van der Waals surface area contributed by atoms with E-state index in [1.807, 2.05) is 42.5 Å². The van der Waals surface area contributed by atoms with E-state index >= 15 is 0 Å². The number of azo groups is 1. The second-order valence-corrected chi connectivity index (χ2v) is 6.52. The molecule has 0 spiro atoms. The Labute approximate surface area is 178 Å². The van der Waals surface area contributed by atoms with Gasteiger partial charge in [0.05, 0.1) is 21.7 Å². The molecule has 1 N–H and O–H groups in total. The molecule has 3 rings (SSSR count). The zero-order valence-corrected chi connectivity index (χ0v) is 16.7. The first-order valence-corrected chi connectivity index (χ1v) is 9.38. The van der Waals surface area contributed by atoms with Gasteiger partial charge in [0.2, 0.25) is 0 Å². The molecule has 0 heterocycles. The van der Waals surface area contributed by atoms with Crippen LogP contribution in [0.15, 0.2) is 58.8 Å². The zero-order chi connectivity index (χ0) is 22.2. The van der Waals surface area contributed by atoms with Crippen LogP contribution in [0.4, 0.5) is 22.7 Å². The summed E-state index contributed by atoms with van der Waals surface area (Å²) in [6.45, 7) is 1.41. The number of nitrogens with one attached hydrogen (secondary N) is 1.